The molecule has 1 aromatic rings. The van der Waals surface area contributed by atoms with E-state index in [0.29, 0.717) is 0 Å². The topological polar surface area (TPSA) is 216 Å². The molecule has 0 aromatic heterocycles. The predicted octanol–water partition coefficient (Wildman–Crippen LogP) is 1.83. The second-order valence-electron chi connectivity index (χ2n) is 3.34. The molecule has 0 aliphatic heterocycles. The third kappa shape index (κ3) is 2.57. The Kier molecular flexibility index (Phi) is 4.44. The molecule has 0 aliphatic rings. The van der Waals surface area contributed by atoms with Crippen LogP contribution in [0.4, 0.5) is 28.4 Å². The van der Waals surface area contributed by atoms with E-state index in [1.165, 1.54) is 0 Å². The van der Waals surface area contributed by atoms with Crippen molar-refractivity contribution in [3.05, 3.63) is 54.1 Å². The van der Waals surface area contributed by atoms with Crippen molar-refractivity contribution in [2.75, 3.05) is 0 Å². The SMILES string of the molecule is O=[N+]([O-])c1c(I)c([N+](=O)[O-])c([N+](=O)[O-])c([N+](=O)[O-])c1[N+](=O)[O-]. The Morgan fingerprint density at radius 2 is 0.682 bits per heavy atom. The Balaban J connectivity index is 4.31. The summed E-state index contributed by atoms with van der Waals surface area (Å²) in [7, 11) is 0. The molecule has 1 aromatic carbocycles. The van der Waals surface area contributed by atoms with Crippen LogP contribution in [0, 0.1) is 54.1 Å². The van der Waals surface area contributed by atoms with Crippen LogP contribution >= 0.6 is 22.6 Å². The zero-order chi connectivity index (χ0) is 17.4. The van der Waals surface area contributed by atoms with Crippen molar-refractivity contribution in [1.82, 2.24) is 0 Å². The second kappa shape index (κ2) is 5.75. The van der Waals surface area contributed by atoms with Crippen molar-refractivity contribution in [2.24, 2.45) is 0 Å². The summed E-state index contributed by atoms with van der Waals surface area (Å²) < 4.78 is -1.06. The van der Waals surface area contributed by atoms with E-state index in [9.17, 15) is 50.6 Å². The molecule has 1 rings (SSSR count). The van der Waals surface area contributed by atoms with Crippen LogP contribution in [0.15, 0.2) is 0 Å². The minimum absolute atomic E-state index is 0.915. The van der Waals surface area contributed by atoms with Crippen LogP contribution in [0.1, 0.15) is 0 Å². The largest absolute Gasteiger partial charge is 0.437 e. The van der Waals surface area contributed by atoms with E-state index >= 15 is 0 Å². The third-order valence-electron chi connectivity index (χ3n) is 2.23. The van der Waals surface area contributed by atoms with Gasteiger partial charge in [0.05, 0.1) is 24.6 Å². The fourth-order valence-electron chi connectivity index (χ4n) is 1.51. The van der Waals surface area contributed by atoms with E-state index in [1.54, 1.807) is 0 Å². The molecule has 0 spiro atoms. The van der Waals surface area contributed by atoms with Gasteiger partial charge in [0.2, 0.25) is 0 Å². The predicted molar refractivity (Wildman–Crippen MR) is 72.4 cm³/mol. The maximum absolute atomic E-state index is 10.9. The summed E-state index contributed by atoms with van der Waals surface area (Å²) in [5.41, 5.74) is -8.63. The first kappa shape index (κ1) is 17.0. The van der Waals surface area contributed by atoms with E-state index < -0.39 is 56.6 Å². The molecule has 0 atom stereocenters. The lowest BCUT2D eigenvalue weighted by Crippen LogP contribution is -2.10. The van der Waals surface area contributed by atoms with Gasteiger partial charge in [0.25, 0.3) is 0 Å². The van der Waals surface area contributed by atoms with E-state index in [4.69, 9.17) is 0 Å². The third-order valence-corrected chi connectivity index (χ3v) is 3.25. The van der Waals surface area contributed by atoms with Gasteiger partial charge < -0.3 is 0 Å². The average molecular weight is 429 g/mol. The van der Waals surface area contributed by atoms with Gasteiger partial charge in [-0.15, -0.1) is 0 Å². The molecule has 116 valence electrons. The van der Waals surface area contributed by atoms with E-state index in [0.717, 1.165) is 22.6 Å². The molecule has 0 N–H and O–H groups in total. The standard InChI is InChI=1S/C6IN5O10/c7-1-2(8(13)14)4(10(17)18)6(12(21)22)5(11(19)20)3(1)9(15)16. The number of nitro benzene ring substituents is 5. The Hall–Kier alpha value is -3.05. The van der Waals surface area contributed by atoms with Crippen molar-refractivity contribution in [3.63, 3.8) is 0 Å². The molecule has 0 radical (unpaired) electrons. The maximum Gasteiger partial charge on any atom is 0.437 e. The van der Waals surface area contributed by atoms with Gasteiger partial charge in [-0.25, -0.2) is 0 Å². The van der Waals surface area contributed by atoms with Crippen molar-refractivity contribution in [2.45, 2.75) is 0 Å². The molecule has 0 saturated heterocycles. The quantitative estimate of drug-likeness (QED) is 0.376. The van der Waals surface area contributed by atoms with Crippen LogP contribution in [-0.2, 0) is 0 Å². The second-order valence-corrected chi connectivity index (χ2v) is 4.42. The molecule has 22 heavy (non-hydrogen) atoms. The lowest BCUT2D eigenvalue weighted by Gasteiger charge is -2.02. The van der Waals surface area contributed by atoms with E-state index in [-0.39, 0.29) is 0 Å². The van der Waals surface area contributed by atoms with Gasteiger partial charge in [0.15, 0.2) is 3.57 Å². The van der Waals surface area contributed by atoms with Gasteiger partial charge >= 0.3 is 28.4 Å². The lowest BCUT2D eigenvalue weighted by atomic mass is 10.1. The highest BCUT2D eigenvalue weighted by Crippen LogP contribution is 2.51. The van der Waals surface area contributed by atoms with Crippen LogP contribution in [-0.4, -0.2) is 24.6 Å². The number of hydrogen-bond acceptors (Lipinski definition) is 10. The maximum atomic E-state index is 10.9. The van der Waals surface area contributed by atoms with Crippen molar-refractivity contribution < 1.29 is 24.6 Å². The summed E-state index contributed by atoms with van der Waals surface area (Å²) in [6.07, 6.45) is 0. The lowest BCUT2D eigenvalue weighted by molar-refractivity contribution is -0.460. The van der Waals surface area contributed by atoms with E-state index in [1.807, 2.05) is 0 Å². The molecule has 15 nitrogen and oxygen atoms in total. The highest BCUT2D eigenvalue weighted by atomic mass is 127. The van der Waals surface area contributed by atoms with Gasteiger partial charge in [0.1, 0.15) is 0 Å². The minimum Gasteiger partial charge on any atom is -0.258 e. The number of benzene rings is 1. The zero-order valence-corrected chi connectivity index (χ0v) is 11.9. The van der Waals surface area contributed by atoms with E-state index in [2.05, 4.69) is 0 Å². The van der Waals surface area contributed by atoms with Crippen molar-refractivity contribution >= 4 is 51.0 Å². The van der Waals surface area contributed by atoms with Gasteiger partial charge in [-0.05, 0) is 22.6 Å². The Morgan fingerprint density at radius 1 is 0.500 bits per heavy atom. The molecular formula is C6IN5O10. The first-order valence-corrected chi connectivity index (χ1v) is 5.71. The number of halogens is 1. The summed E-state index contributed by atoms with van der Waals surface area (Å²) in [6.45, 7) is 0. The van der Waals surface area contributed by atoms with Gasteiger partial charge in [-0.3, -0.25) is 50.6 Å². The van der Waals surface area contributed by atoms with Crippen LogP contribution < -0.4 is 0 Å². The normalized spacial score (nSPS) is 10.0. The van der Waals surface area contributed by atoms with Crippen LogP contribution in [0.5, 0.6) is 0 Å². The summed E-state index contributed by atoms with van der Waals surface area (Å²) >= 11 is 0.915. The zero-order valence-electron chi connectivity index (χ0n) is 9.70. The van der Waals surface area contributed by atoms with Gasteiger partial charge in [0, 0.05) is 0 Å². The molecule has 0 amide bonds. The van der Waals surface area contributed by atoms with Crippen LogP contribution in [0.3, 0.4) is 0 Å². The summed E-state index contributed by atoms with van der Waals surface area (Å²) in [5, 5.41) is 54.3. The highest BCUT2D eigenvalue weighted by molar-refractivity contribution is 14.1. The Morgan fingerprint density at radius 3 is 0.864 bits per heavy atom. The molecule has 0 unspecified atom stereocenters. The molecule has 0 aliphatic carbocycles. The fraction of sp³-hybridized carbons (Fsp3) is 0. The van der Waals surface area contributed by atoms with Gasteiger partial charge in [-0.2, -0.15) is 0 Å². The molecule has 0 heterocycles. The van der Waals surface area contributed by atoms with Crippen molar-refractivity contribution in [1.29, 1.82) is 0 Å². The molecule has 0 saturated carbocycles. The Labute approximate surface area is 130 Å². The van der Waals surface area contributed by atoms with Crippen molar-refractivity contribution in [3.8, 4) is 0 Å². The number of hydrogen-bond donors (Lipinski definition) is 0. The fourth-order valence-corrected chi connectivity index (χ4v) is 2.41. The molecule has 16 heteroatoms. The number of nitrogens with zero attached hydrogens (tertiary/aromatic N) is 5. The Bertz CT molecular complexity index is 706. The summed E-state index contributed by atoms with van der Waals surface area (Å²) in [6, 6.07) is 0. The molecule has 0 fully saturated rings. The smallest absolute Gasteiger partial charge is 0.258 e. The number of nitro groups is 5. The monoisotopic (exact) mass is 429 g/mol. The number of rotatable bonds is 5. The highest BCUT2D eigenvalue weighted by Gasteiger charge is 2.53. The summed E-state index contributed by atoms with van der Waals surface area (Å²) in [5.74, 6) is 0. The molecular weight excluding hydrogens is 429 g/mol. The average Bonchev–Trinajstić information content (AvgIpc) is 2.34. The first-order chi connectivity index (χ1) is 10.0. The van der Waals surface area contributed by atoms with Crippen LogP contribution in [0.25, 0.3) is 0 Å². The molecule has 0 bridgehead atoms. The minimum atomic E-state index is -1.92. The summed E-state index contributed by atoms with van der Waals surface area (Å²) in [4.78, 5) is 46.6. The van der Waals surface area contributed by atoms with Gasteiger partial charge in [-0.1, -0.05) is 0 Å². The van der Waals surface area contributed by atoms with Crippen LogP contribution in [0.2, 0.25) is 0 Å². The first-order valence-electron chi connectivity index (χ1n) is 4.63.